The van der Waals surface area contributed by atoms with Crippen LogP contribution in [-0.2, 0) is 4.79 Å². The van der Waals surface area contributed by atoms with E-state index < -0.39 is 46.6 Å². The summed E-state index contributed by atoms with van der Waals surface area (Å²) >= 11 is 0. The van der Waals surface area contributed by atoms with Crippen LogP contribution in [0.2, 0.25) is 0 Å². The van der Waals surface area contributed by atoms with Gasteiger partial charge in [-0.05, 0) is 37.3 Å². The Morgan fingerprint density at radius 3 is 2.27 bits per heavy atom. The van der Waals surface area contributed by atoms with Crippen molar-refractivity contribution < 1.29 is 41.1 Å². The molecule has 6 nitrogen and oxygen atoms in total. The largest absolute Gasteiger partial charge is 0.478 e. The molecule has 0 atom stereocenters. The van der Waals surface area contributed by atoms with Crippen LogP contribution < -0.4 is 5.01 Å². The summed E-state index contributed by atoms with van der Waals surface area (Å²) in [4.78, 5) is 23.8. The minimum absolute atomic E-state index is 0.0243. The van der Waals surface area contributed by atoms with Gasteiger partial charge in [-0.2, -0.15) is 10.1 Å². The molecule has 3 aromatic rings. The lowest BCUT2D eigenvalue weighted by Crippen LogP contribution is -2.25. The van der Waals surface area contributed by atoms with Crippen LogP contribution in [-0.4, -0.2) is 22.7 Å². The summed E-state index contributed by atoms with van der Waals surface area (Å²) in [7, 11) is 0. The third kappa shape index (κ3) is 3.67. The fourth-order valence-corrected chi connectivity index (χ4v) is 3.15. The highest BCUT2D eigenvalue weighted by molar-refractivity contribution is 6.32. The first-order chi connectivity index (χ1) is 15.6. The number of hydrogen-bond acceptors (Lipinski definition) is 4. The van der Waals surface area contributed by atoms with E-state index >= 15 is 0 Å². The summed E-state index contributed by atoms with van der Waals surface area (Å²) in [6.07, 6.45) is 1.18. The van der Waals surface area contributed by atoms with Gasteiger partial charge in [-0.25, -0.2) is 26.7 Å². The number of nitrogens with zero attached hydrogens (tertiary/aromatic N) is 2. The van der Waals surface area contributed by atoms with Gasteiger partial charge >= 0.3 is 5.97 Å². The molecule has 0 saturated carbocycles. The van der Waals surface area contributed by atoms with Gasteiger partial charge in [0.1, 0.15) is 17.2 Å². The van der Waals surface area contributed by atoms with Crippen LogP contribution in [0.4, 0.5) is 27.6 Å². The minimum atomic E-state index is -2.35. The van der Waals surface area contributed by atoms with Crippen LogP contribution in [0.1, 0.15) is 23.0 Å². The number of rotatable bonds is 4. The summed E-state index contributed by atoms with van der Waals surface area (Å²) in [6, 6.07) is 8.82. The van der Waals surface area contributed by atoms with E-state index in [0.29, 0.717) is 5.56 Å². The van der Waals surface area contributed by atoms with Crippen molar-refractivity contribution in [1.29, 1.82) is 0 Å². The first-order valence-corrected chi connectivity index (χ1v) is 9.17. The molecular weight excluding hydrogens is 451 g/mol. The number of benzene rings is 2. The zero-order valence-corrected chi connectivity index (χ0v) is 16.5. The molecule has 0 bridgehead atoms. The summed E-state index contributed by atoms with van der Waals surface area (Å²) in [5, 5.41) is 12.8. The molecule has 33 heavy (non-hydrogen) atoms. The average molecular weight is 462 g/mol. The van der Waals surface area contributed by atoms with Crippen LogP contribution in [0.5, 0.6) is 0 Å². The number of anilines is 1. The molecule has 0 aliphatic carbocycles. The Balaban J connectivity index is 1.69. The molecule has 1 amide bonds. The normalized spacial score (nSPS) is 14.8. The number of carboxylic acid groups (broad SMARTS) is 1. The third-order valence-corrected chi connectivity index (χ3v) is 4.77. The zero-order chi connectivity index (χ0) is 24.0. The Labute approximate surface area is 181 Å². The monoisotopic (exact) mass is 462 g/mol. The zero-order valence-electron chi connectivity index (χ0n) is 16.5. The van der Waals surface area contributed by atoms with E-state index in [0.717, 1.165) is 0 Å². The number of carbonyl (C=O) groups is 2. The smallest absolute Gasteiger partial charge is 0.335 e. The topological polar surface area (TPSA) is 83.1 Å². The van der Waals surface area contributed by atoms with Crippen molar-refractivity contribution in [3.63, 3.8) is 0 Å². The van der Waals surface area contributed by atoms with Gasteiger partial charge in [0.15, 0.2) is 23.3 Å². The average Bonchev–Trinajstić information content (AvgIpc) is 3.37. The quantitative estimate of drug-likeness (QED) is 0.252. The number of halogens is 5. The summed E-state index contributed by atoms with van der Waals surface area (Å²) in [5.74, 6) is -13.1. The number of furan rings is 1. The van der Waals surface area contributed by atoms with Crippen molar-refractivity contribution in [2.75, 3.05) is 5.01 Å². The van der Waals surface area contributed by atoms with Gasteiger partial charge in [0, 0.05) is 5.56 Å². The molecule has 11 heteroatoms. The van der Waals surface area contributed by atoms with E-state index in [1.807, 2.05) is 0 Å². The fraction of sp³-hybridized carbons (Fsp3) is 0.0455. The lowest BCUT2D eigenvalue weighted by Gasteiger charge is -2.14. The molecule has 2 aromatic carbocycles. The highest BCUT2D eigenvalue weighted by Gasteiger charge is 2.37. The van der Waals surface area contributed by atoms with Crippen LogP contribution >= 0.6 is 0 Å². The molecule has 2 heterocycles. The van der Waals surface area contributed by atoms with Crippen molar-refractivity contribution in [2.24, 2.45) is 5.10 Å². The lowest BCUT2D eigenvalue weighted by atomic mass is 10.1. The third-order valence-electron chi connectivity index (χ3n) is 4.77. The van der Waals surface area contributed by atoms with Crippen molar-refractivity contribution in [2.45, 2.75) is 6.92 Å². The molecule has 1 N–H and O–H groups in total. The van der Waals surface area contributed by atoms with Crippen molar-refractivity contribution in [3.8, 4) is 11.3 Å². The number of hydrazone groups is 1. The van der Waals surface area contributed by atoms with Crippen LogP contribution in [0, 0.1) is 29.1 Å². The summed E-state index contributed by atoms with van der Waals surface area (Å²) in [6.45, 7) is 1.30. The van der Waals surface area contributed by atoms with Crippen molar-refractivity contribution in [3.05, 3.63) is 82.4 Å². The number of hydrogen-bond donors (Lipinski definition) is 1. The first kappa shape index (κ1) is 21.9. The Bertz CT molecular complexity index is 1360. The van der Waals surface area contributed by atoms with Crippen LogP contribution in [0.3, 0.4) is 0 Å². The van der Waals surface area contributed by atoms with E-state index in [-0.39, 0.29) is 33.4 Å². The highest BCUT2D eigenvalue weighted by atomic mass is 19.2. The molecule has 0 radical (unpaired) electrons. The Kier molecular flexibility index (Phi) is 5.32. The molecule has 0 fully saturated rings. The molecular formula is C22H11F5N2O4. The van der Waals surface area contributed by atoms with Gasteiger partial charge in [-0.15, -0.1) is 0 Å². The number of carboxylic acids is 1. The standard InChI is InChI=1S/C22H11F5N2O4/c1-9-13(8-12-5-6-14(33-12)10-3-2-4-11(7-10)22(31)32)21(30)29(28-9)20-18(26)16(24)15(23)17(25)19(20)27/h2-8H,1H3,(H,31,32)/b13-8-. The van der Waals surface area contributed by atoms with Crippen molar-refractivity contribution >= 4 is 29.4 Å². The lowest BCUT2D eigenvalue weighted by molar-refractivity contribution is -0.114. The predicted molar refractivity (Wildman–Crippen MR) is 106 cm³/mol. The molecule has 0 unspecified atom stereocenters. The Morgan fingerprint density at radius 1 is 1.00 bits per heavy atom. The van der Waals surface area contributed by atoms with Gasteiger partial charge in [-0.1, -0.05) is 12.1 Å². The molecule has 0 saturated heterocycles. The molecule has 1 aromatic heterocycles. The van der Waals surface area contributed by atoms with E-state index in [2.05, 4.69) is 5.10 Å². The molecule has 168 valence electrons. The fourth-order valence-electron chi connectivity index (χ4n) is 3.15. The van der Waals surface area contributed by atoms with E-state index in [1.54, 1.807) is 6.07 Å². The van der Waals surface area contributed by atoms with Gasteiger partial charge in [0.2, 0.25) is 5.82 Å². The van der Waals surface area contributed by atoms with Crippen molar-refractivity contribution in [1.82, 2.24) is 0 Å². The first-order valence-electron chi connectivity index (χ1n) is 9.17. The van der Waals surface area contributed by atoms with Gasteiger partial charge in [-0.3, -0.25) is 4.79 Å². The molecule has 0 spiro atoms. The van der Waals surface area contributed by atoms with E-state index in [9.17, 15) is 31.5 Å². The highest BCUT2D eigenvalue weighted by Crippen LogP contribution is 2.34. The number of aromatic carboxylic acids is 1. The second-order valence-corrected chi connectivity index (χ2v) is 6.87. The minimum Gasteiger partial charge on any atom is -0.478 e. The molecule has 1 aliphatic heterocycles. The van der Waals surface area contributed by atoms with Gasteiger partial charge in [0.05, 0.1) is 16.8 Å². The maximum atomic E-state index is 14.1. The molecule has 4 rings (SSSR count). The predicted octanol–water partition coefficient (Wildman–Crippen LogP) is 5.15. The van der Waals surface area contributed by atoms with E-state index in [1.165, 1.54) is 43.3 Å². The van der Waals surface area contributed by atoms with Crippen LogP contribution in [0.15, 0.2) is 51.5 Å². The van der Waals surface area contributed by atoms with E-state index in [4.69, 9.17) is 9.52 Å². The van der Waals surface area contributed by atoms with Gasteiger partial charge < -0.3 is 9.52 Å². The second kappa shape index (κ2) is 8.01. The maximum absolute atomic E-state index is 14.1. The maximum Gasteiger partial charge on any atom is 0.335 e. The number of carbonyl (C=O) groups excluding carboxylic acids is 1. The molecule has 1 aliphatic rings. The summed E-state index contributed by atoms with van der Waals surface area (Å²) in [5.41, 5.74) is -1.31. The second-order valence-electron chi connectivity index (χ2n) is 6.87. The van der Waals surface area contributed by atoms with Gasteiger partial charge in [0.25, 0.3) is 5.91 Å². The number of amides is 1. The SMILES string of the molecule is CC1=NN(c2c(F)c(F)c(F)c(F)c2F)C(=O)/C1=C\c1ccc(-c2cccc(C(=O)O)c2)o1. The summed E-state index contributed by atoms with van der Waals surface area (Å²) < 4.78 is 74.3. The Hall–Kier alpha value is -4.28. The Morgan fingerprint density at radius 2 is 1.64 bits per heavy atom. The van der Waals surface area contributed by atoms with Crippen LogP contribution in [0.25, 0.3) is 17.4 Å².